The minimum absolute atomic E-state index is 0.257. The van der Waals surface area contributed by atoms with Crippen LogP contribution in [0.3, 0.4) is 0 Å². The van der Waals surface area contributed by atoms with Gasteiger partial charge in [-0.05, 0) is 65.9 Å². The van der Waals surface area contributed by atoms with Crippen molar-refractivity contribution in [3.05, 3.63) is 82.0 Å². The maximum absolute atomic E-state index is 13.1. The van der Waals surface area contributed by atoms with Crippen LogP contribution >= 0.6 is 0 Å². The minimum Gasteiger partial charge on any atom is -0.456 e. The Bertz CT molecular complexity index is 1370. The number of rotatable bonds is 6. The van der Waals surface area contributed by atoms with E-state index in [-0.39, 0.29) is 24.2 Å². The van der Waals surface area contributed by atoms with Crippen LogP contribution < -0.4 is 11.2 Å². The van der Waals surface area contributed by atoms with Crippen LogP contribution in [0.25, 0.3) is 33.1 Å². The van der Waals surface area contributed by atoms with Crippen LogP contribution in [0.5, 0.6) is 0 Å². The number of fused-ring (bicyclic) bond motifs is 2. The molecule has 0 radical (unpaired) electrons. The molecule has 0 aliphatic heterocycles. The second-order valence-electron chi connectivity index (χ2n) is 8.23. The SMILES string of the molecule is NC(CO)(CO)CCc1ccc2oc3cc(-c4cccc(C(F)(F)F)c4)ccc3c(=O)c2c1. The highest BCUT2D eigenvalue weighted by Gasteiger charge is 2.30. The number of hydrogen-bond donors (Lipinski definition) is 3. The van der Waals surface area contributed by atoms with Gasteiger partial charge in [0.15, 0.2) is 0 Å². The summed E-state index contributed by atoms with van der Waals surface area (Å²) in [6.45, 7) is -0.726. The van der Waals surface area contributed by atoms with Gasteiger partial charge >= 0.3 is 6.18 Å². The summed E-state index contributed by atoms with van der Waals surface area (Å²) in [6, 6.07) is 14.8. The van der Waals surface area contributed by atoms with Gasteiger partial charge in [0, 0.05) is 0 Å². The van der Waals surface area contributed by atoms with E-state index in [1.807, 2.05) is 0 Å². The molecule has 4 N–H and O–H groups in total. The van der Waals surface area contributed by atoms with Crippen molar-refractivity contribution in [1.29, 1.82) is 0 Å². The third kappa shape index (κ3) is 4.64. The number of aliphatic hydroxyl groups is 2. The Morgan fingerprint density at radius 3 is 2.27 bits per heavy atom. The molecule has 0 aliphatic carbocycles. The fraction of sp³-hybridized carbons (Fsp3) is 0.240. The van der Waals surface area contributed by atoms with E-state index in [0.29, 0.717) is 40.3 Å². The summed E-state index contributed by atoms with van der Waals surface area (Å²) >= 11 is 0. The standard InChI is InChI=1S/C25H22F3NO4/c26-25(27,28)18-3-1-2-16(11-18)17-5-6-19-22(12-17)33-21-7-4-15(10-20(21)23(19)32)8-9-24(29,13-30)14-31/h1-7,10-12,30-31H,8-9,13-14,29H2. The van der Waals surface area contributed by atoms with Crippen LogP contribution in [-0.2, 0) is 12.6 Å². The highest BCUT2D eigenvalue weighted by atomic mass is 19.4. The van der Waals surface area contributed by atoms with E-state index in [2.05, 4.69) is 0 Å². The second-order valence-corrected chi connectivity index (χ2v) is 8.23. The molecule has 0 spiro atoms. The summed E-state index contributed by atoms with van der Waals surface area (Å²) in [6.07, 6.45) is -3.68. The normalized spacial score (nSPS) is 12.5. The quantitative estimate of drug-likeness (QED) is 0.376. The zero-order valence-electron chi connectivity index (χ0n) is 17.5. The summed E-state index contributed by atoms with van der Waals surface area (Å²) in [5.41, 5.74) is 6.08. The van der Waals surface area contributed by atoms with Crippen molar-refractivity contribution < 1.29 is 27.8 Å². The first-order valence-corrected chi connectivity index (χ1v) is 10.3. The van der Waals surface area contributed by atoms with Gasteiger partial charge in [-0.2, -0.15) is 13.2 Å². The van der Waals surface area contributed by atoms with E-state index in [0.717, 1.165) is 17.7 Å². The van der Waals surface area contributed by atoms with Crippen molar-refractivity contribution in [3.63, 3.8) is 0 Å². The monoisotopic (exact) mass is 457 g/mol. The number of aliphatic hydroxyl groups excluding tert-OH is 2. The largest absolute Gasteiger partial charge is 0.456 e. The van der Waals surface area contributed by atoms with Crippen molar-refractivity contribution in [3.8, 4) is 11.1 Å². The molecule has 0 aliphatic rings. The molecular weight excluding hydrogens is 435 g/mol. The number of nitrogens with two attached hydrogens (primary N) is 1. The molecule has 8 heteroatoms. The molecule has 4 aromatic rings. The molecule has 3 aromatic carbocycles. The van der Waals surface area contributed by atoms with E-state index < -0.39 is 17.3 Å². The lowest BCUT2D eigenvalue weighted by Gasteiger charge is -2.24. The molecule has 5 nitrogen and oxygen atoms in total. The van der Waals surface area contributed by atoms with E-state index >= 15 is 0 Å². The molecule has 172 valence electrons. The first-order valence-electron chi connectivity index (χ1n) is 10.3. The molecule has 1 heterocycles. The zero-order chi connectivity index (χ0) is 23.8. The van der Waals surface area contributed by atoms with Crippen molar-refractivity contribution in [2.45, 2.75) is 24.6 Å². The number of alkyl halides is 3. The Kier molecular flexibility index (Phi) is 6.00. The van der Waals surface area contributed by atoms with Gasteiger partial charge in [-0.3, -0.25) is 4.79 Å². The molecule has 0 fully saturated rings. The van der Waals surface area contributed by atoms with Gasteiger partial charge in [-0.15, -0.1) is 0 Å². The maximum atomic E-state index is 13.1. The summed E-state index contributed by atoms with van der Waals surface area (Å²) in [5, 5.41) is 19.4. The molecule has 0 bridgehead atoms. The first-order chi connectivity index (χ1) is 15.6. The zero-order valence-corrected chi connectivity index (χ0v) is 17.5. The van der Waals surface area contributed by atoms with Crippen LogP contribution in [0.4, 0.5) is 13.2 Å². The first kappa shape index (κ1) is 23.0. The molecule has 0 saturated heterocycles. The van der Waals surface area contributed by atoms with Gasteiger partial charge in [-0.25, -0.2) is 0 Å². The van der Waals surface area contributed by atoms with Crippen molar-refractivity contribution in [2.75, 3.05) is 13.2 Å². The number of hydrogen-bond acceptors (Lipinski definition) is 5. The Labute approximate surface area is 186 Å². The summed E-state index contributed by atoms with van der Waals surface area (Å²) in [4.78, 5) is 13.1. The third-order valence-corrected chi connectivity index (χ3v) is 5.80. The molecule has 0 unspecified atom stereocenters. The number of halogens is 3. The van der Waals surface area contributed by atoms with Gasteiger partial charge < -0.3 is 20.4 Å². The average Bonchev–Trinajstić information content (AvgIpc) is 2.82. The Morgan fingerprint density at radius 2 is 1.58 bits per heavy atom. The molecule has 1 aromatic heterocycles. The lowest BCUT2D eigenvalue weighted by Crippen LogP contribution is -2.47. The van der Waals surface area contributed by atoms with Crippen LogP contribution in [0, 0.1) is 0 Å². The Morgan fingerprint density at radius 1 is 0.848 bits per heavy atom. The Hall–Kier alpha value is -3.20. The lowest BCUT2D eigenvalue weighted by molar-refractivity contribution is -0.137. The molecule has 0 atom stereocenters. The second kappa shape index (κ2) is 8.62. The van der Waals surface area contributed by atoms with E-state index in [9.17, 15) is 28.2 Å². The van der Waals surface area contributed by atoms with Gasteiger partial charge in [0.25, 0.3) is 0 Å². The summed E-state index contributed by atoms with van der Waals surface area (Å²) in [7, 11) is 0. The maximum Gasteiger partial charge on any atom is 0.416 e. The fourth-order valence-electron chi connectivity index (χ4n) is 3.71. The minimum atomic E-state index is -4.45. The van der Waals surface area contributed by atoms with Crippen molar-refractivity contribution in [2.24, 2.45) is 5.73 Å². The lowest BCUT2D eigenvalue weighted by atomic mass is 9.93. The van der Waals surface area contributed by atoms with Crippen LogP contribution in [0.15, 0.2) is 69.9 Å². The molecule has 0 saturated carbocycles. The molecule has 33 heavy (non-hydrogen) atoms. The van der Waals surface area contributed by atoms with Gasteiger partial charge in [-0.1, -0.05) is 24.3 Å². The smallest absolute Gasteiger partial charge is 0.416 e. The molecular formula is C25H22F3NO4. The molecule has 4 rings (SSSR count). The highest BCUT2D eigenvalue weighted by molar-refractivity contribution is 5.92. The van der Waals surface area contributed by atoms with E-state index in [1.54, 1.807) is 42.5 Å². The van der Waals surface area contributed by atoms with Gasteiger partial charge in [0.2, 0.25) is 5.43 Å². The topological polar surface area (TPSA) is 96.7 Å². The van der Waals surface area contributed by atoms with Crippen molar-refractivity contribution in [1.82, 2.24) is 0 Å². The average molecular weight is 457 g/mol. The predicted molar refractivity (Wildman–Crippen MR) is 120 cm³/mol. The number of benzene rings is 3. The Balaban J connectivity index is 1.73. The third-order valence-electron chi connectivity index (χ3n) is 5.80. The van der Waals surface area contributed by atoms with Crippen LogP contribution in [-0.4, -0.2) is 29.0 Å². The van der Waals surface area contributed by atoms with Crippen LogP contribution in [0.2, 0.25) is 0 Å². The van der Waals surface area contributed by atoms with Gasteiger partial charge in [0.1, 0.15) is 11.2 Å². The predicted octanol–water partition coefficient (Wildman–Crippen LogP) is 4.25. The van der Waals surface area contributed by atoms with Crippen LogP contribution in [0.1, 0.15) is 17.5 Å². The number of aryl methyl sites for hydroxylation is 1. The molecule has 0 amide bonds. The fourth-order valence-corrected chi connectivity index (χ4v) is 3.71. The van der Waals surface area contributed by atoms with Gasteiger partial charge in [0.05, 0.1) is 35.1 Å². The highest BCUT2D eigenvalue weighted by Crippen LogP contribution is 2.33. The van der Waals surface area contributed by atoms with E-state index in [4.69, 9.17) is 10.2 Å². The van der Waals surface area contributed by atoms with E-state index in [1.165, 1.54) is 6.07 Å². The van der Waals surface area contributed by atoms with Crippen molar-refractivity contribution >= 4 is 21.9 Å². The summed E-state index contributed by atoms with van der Waals surface area (Å²) in [5.74, 6) is 0. The summed E-state index contributed by atoms with van der Waals surface area (Å²) < 4.78 is 45.1.